The molecule has 0 unspecified atom stereocenters. The summed E-state index contributed by atoms with van der Waals surface area (Å²) >= 11 is 0. The Labute approximate surface area is 603 Å². The molecule has 550 valence electrons. The van der Waals surface area contributed by atoms with Gasteiger partial charge in [-0.3, -0.25) is 47.9 Å². The molecule has 0 saturated carbocycles. The van der Waals surface area contributed by atoms with E-state index in [1.807, 2.05) is 146 Å². The number of aliphatic carboxylic acids is 1. The number of carbonyl (C=O) groups is 10. The first-order valence-electron chi connectivity index (χ1n) is 34.4. The number of methoxy groups -OCH3 is 4. The van der Waals surface area contributed by atoms with E-state index in [2.05, 4.69) is 0 Å². The first kappa shape index (κ1) is 78.4. The first-order valence-corrected chi connectivity index (χ1v) is 34.4. The standard InChI is InChI=1S/C80H89N3O21/c1-51(55-9-13-63-47-67(95-5)21-17-59(63)43-55)77(91)101-39-33-82(34-40-102-78(92)52(2)56-10-14-64-48-68(96-6)22-18-60(64)44-56)72(85)26-29-75(89)99-37-31-81(71(84)25-28-74(87)88)32-38-100-76(90)30-27-73(86)83(35-41-103-79(93)53(3)57-11-15-65-49-69(97-7)23-19-61(65)45-57)36-42-104-80(94)54(4)58-12-16-66-50-70(98-8)24-20-62(66)46-58/h9-24,43-54H,25-42H2,1-8H3,(H,87,88)/t51-,52-,53-,54-/m0/s1. The number of amides is 3. The van der Waals surface area contributed by atoms with Gasteiger partial charge in [0.25, 0.3) is 0 Å². The fourth-order valence-corrected chi connectivity index (χ4v) is 11.5. The van der Waals surface area contributed by atoms with E-state index in [0.29, 0.717) is 45.3 Å². The normalized spacial score (nSPS) is 12.2. The van der Waals surface area contributed by atoms with Crippen LogP contribution < -0.4 is 18.9 Å². The van der Waals surface area contributed by atoms with Crippen molar-refractivity contribution in [1.29, 1.82) is 0 Å². The van der Waals surface area contributed by atoms with E-state index in [1.54, 1.807) is 56.1 Å². The zero-order valence-electron chi connectivity index (χ0n) is 59.8. The van der Waals surface area contributed by atoms with E-state index < -0.39 is 122 Å². The zero-order valence-corrected chi connectivity index (χ0v) is 59.8. The number of carboxylic acids is 1. The monoisotopic (exact) mass is 1430 g/mol. The molecule has 0 bridgehead atoms. The van der Waals surface area contributed by atoms with Crippen LogP contribution in [0.25, 0.3) is 43.1 Å². The average Bonchev–Trinajstić information content (AvgIpc) is 0.834. The highest BCUT2D eigenvalue weighted by Crippen LogP contribution is 2.31. The third-order valence-corrected chi connectivity index (χ3v) is 18.1. The summed E-state index contributed by atoms with van der Waals surface area (Å²) in [5, 5.41) is 16.6. The first-order chi connectivity index (χ1) is 50.0. The summed E-state index contributed by atoms with van der Waals surface area (Å²) in [4.78, 5) is 137. The molecule has 0 saturated heterocycles. The lowest BCUT2D eigenvalue weighted by Gasteiger charge is -2.24. The molecule has 8 aromatic carbocycles. The molecule has 8 aromatic rings. The second-order valence-corrected chi connectivity index (χ2v) is 24.9. The molecule has 0 radical (unpaired) electrons. The molecule has 0 aliphatic carbocycles. The SMILES string of the molecule is COc1ccc2cc([C@H](C)C(=O)OCCN(CCOC(=O)[C@@H](C)c3ccc4cc(OC)ccc4c3)C(=O)CCC(=O)OCCN(CCOC(=O)CCC(=O)N(CCOC(=O)[C@@H](C)c3ccc4cc(OC)ccc4c3)CCOC(=O)[C@@H](C)c3ccc4cc(OC)ccc4c3)C(=O)CCC(=O)O)ccc2c1. The van der Waals surface area contributed by atoms with Crippen LogP contribution >= 0.6 is 0 Å². The Morgan fingerprint density at radius 1 is 0.288 bits per heavy atom. The fraction of sp³-hybridized carbons (Fsp3) is 0.375. The van der Waals surface area contributed by atoms with Crippen molar-refractivity contribution in [2.45, 2.75) is 89.9 Å². The van der Waals surface area contributed by atoms with Crippen LogP contribution in [0.5, 0.6) is 23.0 Å². The molecule has 8 rings (SSSR count). The molecule has 0 heterocycles. The van der Waals surface area contributed by atoms with Crippen molar-refractivity contribution in [1.82, 2.24) is 14.7 Å². The summed E-state index contributed by atoms with van der Waals surface area (Å²) in [5.74, 6) is -6.79. The number of carbonyl (C=O) groups excluding carboxylic acids is 9. The van der Waals surface area contributed by atoms with Gasteiger partial charge in [-0.15, -0.1) is 0 Å². The molecule has 0 fully saturated rings. The number of benzene rings is 8. The number of carboxylic acid groups (broad SMARTS) is 1. The molecule has 24 nitrogen and oxygen atoms in total. The van der Waals surface area contributed by atoms with Crippen molar-refractivity contribution in [3.05, 3.63) is 168 Å². The lowest BCUT2D eigenvalue weighted by Crippen LogP contribution is -2.38. The van der Waals surface area contributed by atoms with Crippen LogP contribution in [0.1, 0.15) is 112 Å². The number of hydrogen-bond acceptors (Lipinski definition) is 20. The van der Waals surface area contributed by atoms with Gasteiger partial charge in [-0.2, -0.15) is 0 Å². The molecule has 24 heteroatoms. The smallest absolute Gasteiger partial charge is 0.313 e. The number of esters is 6. The van der Waals surface area contributed by atoms with Gasteiger partial charge in [-0.1, -0.05) is 97.1 Å². The Bertz CT molecular complexity index is 3900. The predicted octanol–water partition coefficient (Wildman–Crippen LogP) is 11.0. The Morgan fingerprint density at radius 2 is 0.500 bits per heavy atom. The molecular formula is C80H89N3O21. The Balaban J connectivity index is 0.828. The minimum Gasteiger partial charge on any atom is -0.497 e. The highest BCUT2D eigenvalue weighted by atomic mass is 16.6. The summed E-state index contributed by atoms with van der Waals surface area (Å²) in [6.45, 7) is 4.12. The van der Waals surface area contributed by atoms with Crippen LogP contribution in [0.4, 0.5) is 0 Å². The Morgan fingerprint density at radius 3 is 0.731 bits per heavy atom. The van der Waals surface area contributed by atoms with Gasteiger partial charge in [-0.25, -0.2) is 0 Å². The lowest BCUT2D eigenvalue weighted by atomic mass is 9.98. The number of ether oxygens (including phenoxy) is 10. The number of fused-ring (bicyclic) bond motifs is 4. The molecule has 0 aliphatic rings. The second kappa shape index (κ2) is 38.7. The summed E-state index contributed by atoms with van der Waals surface area (Å²) in [6, 6.07) is 44.7. The summed E-state index contributed by atoms with van der Waals surface area (Å²) in [5.41, 5.74) is 2.82. The van der Waals surface area contributed by atoms with Gasteiger partial charge in [0.2, 0.25) is 17.7 Å². The van der Waals surface area contributed by atoms with E-state index in [0.717, 1.165) is 48.0 Å². The minimum absolute atomic E-state index is 0.119. The summed E-state index contributed by atoms with van der Waals surface area (Å²) in [6.07, 6.45) is -2.56. The van der Waals surface area contributed by atoms with E-state index in [4.69, 9.17) is 47.4 Å². The van der Waals surface area contributed by atoms with Gasteiger partial charge in [0.05, 0.1) is 111 Å². The summed E-state index contributed by atoms with van der Waals surface area (Å²) in [7, 11) is 6.31. The third-order valence-electron chi connectivity index (χ3n) is 18.1. The fourth-order valence-electron chi connectivity index (χ4n) is 11.5. The van der Waals surface area contributed by atoms with Gasteiger partial charge in [0.1, 0.15) is 62.6 Å². The van der Waals surface area contributed by atoms with E-state index in [-0.39, 0.29) is 78.5 Å². The molecule has 1 N–H and O–H groups in total. The van der Waals surface area contributed by atoms with Crippen molar-refractivity contribution in [3.8, 4) is 23.0 Å². The van der Waals surface area contributed by atoms with E-state index in [9.17, 15) is 53.1 Å². The van der Waals surface area contributed by atoms with Crippen molar-refractivity contribution in [3.63, 3.8) is 0 Å². The Kier molecular flexibility index (Phi) is 29.1. The Hall–Kier alpha value is -11.3. The van der Waals surface area contributed by atoms with Crippen LogP contribution in [0.3, 0.4) is 0 Å². The van der Waals surface area contributed by atoms with Crippen LogP contribution in [0.15, 0.2) is 146 Å². The molecular weight excluding hydrogens is 1340 g/mol. The molecule has 0 aliphatic heterocycles. The average molecular weight is 1430 g/mol. The van der Waals surface area contributed by atoms with Gasteiger partial charge in [0, 0.05) is 19.3 Å². The largest absolute Gasteiger partial charge is 0.497 e. The van der Waals surface area contributed by atoms with Gasteiger partial charge in [-0.05, 0) is 142 Å². The maximum Gasteiger partial charge on any atom is 0.313 e. The van der Waals surface area contributed by atoms with E-state index in [1.165, 1.54) is 9.80 Å². The molecule has 4 atom stereocenters. The second-order valence-electron chi connectivity index (χ2n) is 24.9. The maximum atomic E-state index is 13.9. The summed E-state index contributed by atoms with van der Waals surface area (Å²) < 4.78 is 54.9. The third kappa shape index (κ3) is 22.6. The van der Waals surface area contributed by atoms with Crippen LogP contribution in [-0.4, -0.2) is 187 Å². The topological polar surface area (TPSA) is 293 Å². The number of nitrogens with zero attached hydrogens (tertiary/aromatic N) is 3. The van der Waals surface area contributed by atoms with Crippen molar-refractivity contribution >= 4 is 103 Å². The molecule has 3 amide bonds. The van der Waals surface area contributed by atoms with Crippen molar-refractivity contribution < 1.29 is 100 Å². The predicted molar refractivity (Wildman–Crippen MR) is 386 cm³/mol. The molecule has 0 aromatic heterocycles. The van der Waals surface area contributed by atoms with E-state index >= 15 is 0 Å². The van der Waals surface area contributed by atoms with Gasteiger partial charge < -0.3 is 67.2 Å². The highest BCUT2D eigenvalue weighted by Gasteiger charge is 2.26. The minimum atomic E-state index is -1.24. The number of hydrogen-bond donors (Lipinski definition) is 1. The molecule has 104 heavy (non-hydrogen) atoms. The van der Waals surface area contributed by atoms with Gasteiger partial charge >= 0.3 is 41.8 Å². The highest BCUT2D eigenvalue weighted by molar-refractivity contribution is 5.91. The van der Waals surface area contributed by atoms with Crippen molar-refractivity contribution in [2.75, 3.05) is 107 Å². The molecule has 0 spiro atoms. The van der Waals surface area contributed by atoms with Crippen molar-refractivity contribution in [2.24, 2.45) is 0 Å². The van der Waals surface area contributed by atoms with Crippen LogP contribution in [0, 0.1) is 0 Å². The van der Waals surface area contributed by atoms with Crippen LogP contribution in [-0.2, 0) is 76.4 Å². The quantitative estimate of drug-likeness (QED) is 0.0276. The zero-order chi connectivity index (χ0) is 74.8. The lowest BCUT2D eigenvalue weighted by molar-refractivity contribution is -0.150. The maximum absolute atomic E-state index is 13.9. The number of rotatable bonds is 39. The van der Waals surface area contributed by atoms with Crippen LogP contribution in [0.2, 0.25) is 0 Å². The van der Waals surface area contributed by atoms with Gasteiger partial charge in [0.15, 0.2) is 0 Å².